The Bertz CT molecular complexity index is 1300. The lowest BCUT2D eigenvalue weighted by Gasteiger charge is -2.18. The van der Waals surface area contributed by atoms with E-state index < -0.39 is 0 Å². The number of aromatic nitrogens is 3. The van der Waals surface area contributed by atoms with Gasteiger partial charge in [0.1, 0.15) is 6.54 Å². The molecule has 0 saturated heterocycles. The fraction of sp³-hybridized carbons (Fsp3) is 0.0909. The number of rotatable bonds is 5. The molecule has 0 aliphatic rings. The van der Waals surface area contributed by atoms with Gasteiger partial charge in [-0.25, -0.2) is 0 Å². The van der Waals surface area contributed by atoms with Gasteiger partial charge in [-0.2, -0.15) is 4.98 Å². The van der Waals surface area contributed by atoms with E-state index in [0.29, 0.717) is 22.1 Å². The standard InChI is InChI=1S/C22H16BrClN4O3/c1-27(18-4-2-3-17(24)11-18)20(30)13-28-12-15(7-10-19(28)29)22-25-21(26-31-22)14-5-8-16(23)9-6-14/h2-12H,13H2,1H3. The molecule has 2 heterocycles. The lowest BCUT2D eigenvalue weighted by molar-refractivity contribution is -0.118. The Balaban J connectivity index is 1.57. The number of hydrogen-bond donors (Lipinski definition) is 0. The maximum atomic E-state index is 12.7. The molecule has 156 valence electrons. The van der Waals surface area contributed by atoms with Crippen molar-refractivity contribution in [2.75, 3.05) is 11.9 Å². The highest BCUT2D eigenvalue weighted by Crippen LogP contribution is 2.23. The molecule has 0 aliphatic heterocycles. The van der Waals surface area contributed by atoms with E-state index in [1.807, 2.05) is 24.3 Å². The summed E-state index contributed by atoms with van der Waals surface area (Å²) >= 11 is 9.39. The van der Waals surface area contributed by atoms with E-state index in [1.165, 1.54) is 21.7 Å². The third-order valence-electron chi connectivity index (χ3n) is 4.63. The van der Waals surface area contributed by atoms with Crippen LogP contribution in [0.1, 0.15) is 0 Å². The molecule has 0 N–H and O–H groups in total. The first-order valence-corrected chi connectivity index (χ1v) is 10.4. The zero-order valence-corrected chi connectivity index (χ0v) is 18.7. The van der Waals surface area contributed by atoms with E-state index in [1.54, 1.807) is 37.4 Å². The summed E-state index contributed by atoms with van der Waals surface area (Å²) in [5, 5.41) is 4.53. The molecule has 0 saturated carbocycles. The zero-order chi connectivity index (χ0) is 22.0. The molecule has 2 aromatic carbocycles. The summed E-state index contributed by atoms with van der Waals surface area (Å²) in [5.41, 5.74) is 1.65. The van der Waals surface area contributed by atoms with Crippen LogP contribution < -0.4 is 10.5 Å². The second-order valence-electron chi connectivity index (χ2n) is 6.75. The highest BCUT2D eigenvalue weighted by Gasteiger charge is 2.15. The molecule has 1 amide bonds. The number of benzene rings is 2. The van der Waals surface area contributed by atoms with Crippen molar-refractivity contribution in [1.29, 1.82) is 0 Å². The summed E-state index contributed by atoms with van der Waals surface area (Å²) in [5.74, 6) is 0.405. The average Bonchev–Trinajstić information content (AvgIpc) is 3.25. The smallest absolute Gasteiger partial charge is 0.259 e. The van der Waals surface area contributed by atoms with Gasteiger partial charge in [0.05, 0.1) is 5.56 Å². The minimum Gasteiger partial charge on any atom is -0.334 e. The fourth-order valence-electron chi connectivity index (χ4n) is 2.92. The van der Waals surface area contributed by atoms with Gasteiger partial charge in [-0.15, -0.1) is 0 Å². The first kappa shape index (κ1) is 21.0. The zero-order valence-electron chi connectivity index (χ0n) is 16.3. The summed E-state index contributed by atoms with van der Waals surface area (Å²) in [4.78, 5) is 30.9. The van der Waals surface area contributed by atoms with Gasteiger partial charge < -0.3 is 14.0 Å². The number of pyridine rings is 1. The molecule has 0 unspecified atom stereocenters. The van der Waals surface area contributed by atoms with Gasteiger partial charge in [0.2, 0.25) is 11.7 Å². The Hall–Kier alpha value is -3.23. The third kappa shape index (κ3) is 4.76. The lowest BCUT2D eigenvalue weighted by Crippen LogP contribution is -2.33. The van der Waals surface area contributed by atoms with Gasteiger partial charge in [0, 0.05) is 40.1 Å². The minimum atomic E-state index is -0.316. The van der Waals surface area contributed by atoms with Crippen molar-refractivity contribution in [2.45, 2.75) is 6.54 Å². The SMILES string of the molecule is CN(C(=O)Cn1cc(-c2nc(-c3ccc(Br)cc3)no2)ccc1=O)c1cccc(Cl)c1. The van der Waals surface area contributed by atoms with Gasteiger partial charge in [-0.1, -0.05) is 38.8 Å². The Morgan fingerprint density at radius 1 is 1.13 bits per heavy atom. The first-order chi connectivity index (χ1) is 14.9. The van der Waals surface area contributed by atoms with E-state index in [4.69, 9.17) is 16.1 Å². The van der Waals surface area contributed by atoms with Crippen molar-refractivity contribution in [3.8, 4) is 22.8 Å². The topological polar surface area (TPSA) is 81.2 Å². The molecule has 0 radical (unpaired) electrons. The van der Waals surface area contributed by atoms with E-state index >= 15 is 0 Å². The first-order valence-electron chi connectivity index (χ1n) is 9.23. The van der Waals surface area contributed by atoms with Crippen molar-refractivity contribution in [1.82, 2.24) is 14.7 Å². The van der Waals surface area contributed by atoms with Crippen molar-refractivity contribution < 1.29 is 9.32 Å². The highest BCUT2D eigenvalue weighted by atomic mass is 79.9. The monoisotopic (exact) mass is 498 g/mol. The molecule has 0 bridgehead atoms. The van der Waals surface area contributed by atoms with Crippen molar-refractivity contribution in [3.05, 3.63) is 86.7 Å². The van der Waals surface area contributed by atoms with Crippen LogP contribution in [0.5, 0.6) is 0 Å². The van der Waals surface area contributed by atoms with Gasteiger partial charge >= 0.3 is 0 Å². The lowest BCUT2D eigenvalue weighted by atomic mass is 10.2. The second kappa shape index (κ2) is 8.87. The number of halogens is 2. The van der Waals surface area contributed by atoms with E-state index in [9.17, 15) is 9.59 Å². The number of hydrogen-bond acceptors (Lipinski definition) is 5. The molecule has 0 aliphatic carbocycles. The van der Waals surface area contributed by atoms with E-state index in [2.05, 4.69) is 26.1 Å². The van der Waals surface area contributed by atoms with Crippen LogP contribution in [0.25, 0.3) is 22.8 Å². The van der Waals surface area contributed by atoms with Gasteiger partial charge in [0.25, 0.3) is 11.4 Å². The molecule has 0 spiro atoms. The predicted octanol–water partition coefficient (Wildman–Crippen LogP) is 4.64. The van der Waals surface area contributed by atoms with Crippen LogP contribution in [0.3, 0.4) is 0 Å². The van der Waals surface area contributed by atoms with Crippen LogP contribution in [-0.4, -0.2) is 27.7 Å². The fourth-order valence-corrected chi connectivity index (χ4v) is 3.37. The Kier molecular flexibility index (Phi) is 6.01. The van der Waals surface area contributed by atoms with E-state index in [0.717, 1.165) is 10.0 Å². The van der Waals surface area contributed by atoms with Crippen LogP contribution >= 0.6 is 27.5 Å². The maximum absolute atomic E-state index is 12.7. The van der Waals surface area contributed by atoms with Gasteiger partial charge in [0.15, 0.2) is 0 Å². The quantitative estimate of drug-likeness (QED) is 0.399. The van der Waals surface area contributed by atoms with Crippen molar-refractivity contribution in [3.63, 3.8) is 0 Å². The maximum Gasteiger partial charge on any atom is 0.259 e. The molecule has 31 heavy (non-hydrogen) atoms. The number of amides is 1. The van der Waals surface area contributed by atoms with Crippen molar-refractivity contribution in [2.24, 2.45) is 0 Å². The highest BCUT2D eigenvalue weighted by molar-refractivity contribution is 9.10. The molecule has 7 nitrogen and oxygen atoms in total. The Labute approximate surface area is 191 Å². The summed E-state index contributed by atoms with van der Waals surface area (Å²) in [6.45, 7) is -0.149. The van der Waals surface area contributed by atoms with Crippen LogP contribution in [0.15, 0.2) is 80.7 Å². The van der Waals surface area contributed by atoms with Crippen LogP contribution in [-0.2, 0) is 11.3 Å². The molecular formula is C22H16BrClN4O3. The molecule has 9 heteroatoms. The second-order valence-corrected chi connectivity index (χ2v) is 8.10. The molecule has 0 fully saturated rings. The molecule has 0 atom stereocenters. The Morgan fingerprint density at radius 2 is 1.87 bits per heavy atom. The normalized spacial score (nSPS) is 10.8. The number of carbonyl (C=O) groups is 1. The van der Waals surface area contributed by atoms with Crippen LogP contribution in [0.4, 0.5) is 5.69 Å². The number of anilines is 1. The summed E-state index contributed by atoms with van der Waals surface area (Å²) in [6, 6.07) is 17.4. The van der Waals surface area contributed by atoms with E-state index in [-0.39, 0.29) is 23.9 Å². The van der Waals surface area contributed by atoms with Gasteiger partial charge in [-0.3, -0.25) is 9.59 Å². The summed E-state index contributed by atoms with van der Waals surface area (Å²) < 4.78 is 7.62. The Morgan fingerprint density at radius 3 is 2.61 bits per heavy atom. The third-order valence-corrected chi connectivity index (χ3v) is 5.40. The van der Waals surface area contributed by atoms with Gasteiger partial charge in [-0.05, 0) is 48.5 Å². The molecular weight excluding hydrogens is 484 g/mol. The largest absolute Gasteiger partial charge is 0.334 e. The molecule has 4 aromatic rings. The van der Waals surface area contributed by atoms with Crippen LogP contribution in [0.2, 0.25) is 5.02 Å². The predicted molar refractivity (Wildman–Crippen MR) is 122 cm³/mol. The van der Waals surface area contributed by atoms with Crippen molar-refractivity contribution >= 4 is 39.1 Å². The molecule has 4 rings (SSSR count). The summed E-state index contributed by atoms with van der Waals surface area (Å²) in [7, 11) is 1.63. The summed E-state index contributed by atoms with van der Waals surface area (Å²) in [6.07, 6.45) is 1.53. The average molecular weight is 500 g/mol. The van der Waals surface area contributed by atoms with Crippen LogP contribution in [0, 0.1) is 0 Å². The molecule has 2 aromatic heterocycles. The minimum absolute atomic E-state index is 0.149. The number of likely N-dealkylation sites (N-methyl/N-ethyl adjacent to an activating group) is 1. The number of carbonyl (C=O) groups excluding carboxylic acids is 1. The number of nitrogens with zero attached hydrogens (tertiary/aromatic N) is 4.